The summed E-state index contributed by atoms with van der Waals surface area (Å²) in [6.45, 7) is 0. The van der Waals surface area contributed by atoms with E-state index in [1.807, 2.05) is 0 Å². The Morgan fingerprint density at radius 3 is 2.41 bits per heavy atom. The third-order valence-corrected chi connectivity index (χ3v) is 7.08. The Morgan fingerprint density at radius 2 is 1.70 bits per heavy atom. The number of oxazole rings is 1. The standard InChI is InChI=1S/C26H18F3N3O4S/c27-26(28,29)22-13-25(33)31-23-9-6-17(11-21(22)23)10-16-4-7-20(8-5-16)37(34,35)32-19-3-1-2-18(12-19)24-14-30-15-36-24/h1-9,11-15,32H,10H2,(H,31,33). The lowest BCUT2D eigenvalue weighted by atomic mass is 10.0. The number of hydrogen-bond donors (Lipinski definition) is 2. The van der Waals surface area contributed by atoms with Crippen molar-refractivity contribution in [3.8, 4) is 11.3 Å². The largest absolute Gasteiger partial charge is 0.444 e. The van der Waals surface area contributed by atoms with Gasteiger partial charge in [-0.05, 0) is 53.9 Å². The van der Waals surface area contributed by atoms with Gasteiger partial charge in [0.1, 0.15) is 0 Å². The van der Waals surface area contributed by atoms with Gasteiger partial charge in [-0.3, -0.25) is 9.52 Å². The third kappa shape index (κ3) is 5.26. The molecule has 5 aromatic rings. The first-order valence-corrected chi connectivity index (χ1v) is 12.4. The van der Waals surface area contributed by atoms with Crippen LogP contribution in [0.4, 0.5) is 18.9 Å². The van der Waals surface area contributed by atoms with Crippen LogP contribution >= 0.6 is 0 Å². The summed E-state index contributed by atoms with van der Waals surface area (Å²) in [7, 11) is -3.90. The average molecular weight is 526 g/mol. The van der Waals surface area contributed by atoms with Crippen molar-refractivity contribution >= 4 is 26.6 Å². The van der Waals surface area contributed by atoms with Gasteiger partial charge in [-0.2, -0.15) is 13.2 Å². The summed E-state index contributed by atoms with van der Waals surface area (Å²) < 4.78 is 73.9. The number of hydrogen-bond acceptors (Lipinski definition) is 5. The van der Waals surface area contributed by atoms with Crippen LogP contribution in [0.15, 0.2) is 99.5 Å². The molecule has 2 heterocycles. The highest BCUT2D eigenvalue weighted by Crippen LogP contribution is 2.34. The number of halogens is 3. The number of anilines is 1. The number of aromatic amines is 1. The molecule has 37 heavy (non-hydrogen) atoms. The molecule has 188 valence electrons. The topological polar surface area (TPSA) is 105 Å². The van der Waals surface area contributed by atoms with Gasteiger partial charge in [0.15, 0.2) is 12.2 Å². The fraction of sp³-hybridized carbons (Fsp3) is 0.0769. The number of nitrogens with zero attached hydrogens (tertiary/aromatic N) is 1. The second kappa shape index (κ2) is 9.25. The van der Waals surface area contributed by atoms with Crippen LogP contribution in [-0.2, 0) is 22.6 Å². The molecular weight excluding hydrogens is 507 g/mol. The number of nitrogens with one attached hydrogen (secondary N) is 2. The van der Waals surface area contributed by atoms with E-state index >= 15 is 0 Å². The molecule has 0 fully saturated rings. The Kier molecular flexibility index (Phi) is 6.08. The van der Waals surface area contributed by atoms with Crippen molar-refractivity contribution in [2.75, 3.05) is 4.72 Å². The summed E-state index contributed by atoms with van der Waals surface area (Å²) in [5.41, 5.74) is 0.514. The lowest BCUT2D eigenvalue weighted by Crippen LogP contribution is -2.14. The minimum absolute atomic E-state index is 0.0248. The molecule has 0 unspecified atom stereocenters. The van der Waals surface area contributed by atoms with Crippen molar-refractivity contribution in [2.24, 2.45) is 0 Å². The van der Waals surface area contributed by atoms with Crippen LogP contribution in [0.3, 0.4) is 0 Å². The molecule has 7 nitrogen and oxygen atoms in total. The summed E-state index contributed by atoms with van der Waals surface area (Å²) in [4.78, 5) is 17.9. The molecule has 0 saturated carbocycles. The maximum absolute atomic E-state index is 13.4. The molecule has 0 spiro atoms. The van der Waals surface area contributed by atoms with Gasteiger partial charge in [0.05, 0.1) is 16.7 Å². The van der Waals surface area contributed by atoms with Crippen molar-refractivity contribution in [3.05, 3.63) is 112 Å². The maximum atomic E-state index is 13.4. The zero-order valence-corrected chi connectivity index (χ0v) is 19.7. The molecule has 0 aliphatic heterocycles. The molecule has 0 saturated heterocycles. The second-order valence-electron chi connectivity index (χ2n) is 8.30. The van der Waals surface area contributed by atoms with Crippen LogP contribution in [-0.4, -0.2) is 18.4 Å². The van der Waals surface area contributed by atoms with Crippen LogP contribution in [0.25, 0.3) is 22.2 Å². The highest BCUT2D eigenvalue weighted by molar-refractivity contribution is 7.92. The maximum Gasteiger partial charge on any atom is 0.417 e. The van der Waals surface area contributed by atoms with Crippen molar-refractivity contribution < 1.29 is 26.0 Å². The lowest BCUT2D eigenvalue weighted by Gasteiger charge is -2.12. The predicted molar refractivity (Wildman–Crippen MR) is 132 cm³/mol. The summed E-state index contributed by atoms with van der Waals surface area (Å²) >= 11 is 0. The van der Waals surface area contributed by atoms with E-state index < -0.39 is 27.3 Å². The SMILES string of the molecule is O=c1cc(C(F)(F)F)c2cc(Cc3ccc(S(=O)(=O)Nc4cccc(-c5cnco5)c4)cc3)ccc2[nH]1. The van der Waals surface area contributed by atoms with E-state index in [-0.39, 0.29) is 22.2 Å². The zero-order chi connectivity index (χ0) is 26.2. The molecular formula is C26H18F3N3O4S. The number of aromatic nitrogens is 2. The molecule has 0 radical (unpaired) electrons. The first-order valence-electron chi connectivity index (χ1n) is 10.9. The second-order valence-corrected chi connectivity index (χ2v) is 9.98. The molecule has 0 aliphatic rings. The normalized spacial score (nSPS) is 12.1. The van der Waals surface area contributed by atoms with E-state index in [9.17, 15) is 26.4 Å². The van der Waals surface area contributed by atoms with Crippen LogP contribution in [0.2, 0.25) is 0 Å². The number of benzene rings is 3. The van der Waals surface area contributed by atoms with Gasteiger partial charge in [0, 0.05) is 28.2 Å². The zero-order valence-electron chi connectivity index (χ0n) is 18.9. The van der Waals surface area contributed by atoms with Crippen LogP contribution in [0.1, 0.15) is 16.7 Å². The number of alkyl halides is 3. The van der Waals surface area contributed by atoms with Gasteiger partial charge in [-0.15, -0.1) is 0 Å². The van der Waals surface area contributed by atoms with Crippen molar-refractivity contribution in [2.45, 2.75) is 17.5 Å². The van der Waals surface area contributed by atoms with Crippen molar-refractivity contribution in [3.63, 3.8) is 0 Å². The first kappa shape index (κ1) is 24.3. The summed E-state index contributed by atoms with van der Waals surface area (Å²) in [5, 5.41) is -0.111. The van der Waals surface area contributed by atoms with Gasteiger partial charge in [-0.1, -0.05) is 30.3 Å². The highest BCUT2D eigenvalue weighted by atomic mass is 32.2. The number of fused-ring (bicyclic) bond motifs is 1. The molecule has 3 aromatic carbocycles. The quantitative estimate of drug-likeness (QED) is 0.301. The van der Waals surface area contributed by atoms with Gasteiger partial charge in [0.2, 0.25) is 5.56 Å². The Hall–Kier alpha value is -4.38. The summed E-state index contributed by atoms with van der Waals surface area (Å²) in [6, 6.07) is 17.7. The third-order valence-electron chi connectivity index (χ3n) is 5.69. The van der Waals surface area contributed by atoms with E-state index in [2.05, 4.69) is 14.7 Å². The average Bonchev–Trinajstić information content (AvgIpc) is 3.39. The highest BCUT2D eigenvalue weighted by Gasteiger charge is 2.33. The Labute approximate surface area is 208 Å². The molecule has 0 amide bonds. The number of sulfonamides is 1. The summed E-state index contributed by atoms with van der Waals surface area (Å²) in [6.07, 6.45) is -1.62. The fourth-order valence-corrected chi connectivity index (χ4v) is 5.03. The molecule has 2 aromatic heterocycles. The number of rotatable bonds is 6. The van der Waals surface area contributed by atoms with Gasteiger partial charge in [-0.25, -0.2) is 13.4 Å². The Morgan fingerprint density at radius 1 is 0.946 bits per heavy atom. The van der Waals surface area contributed by atoms with Gasteiger partial charge in [0.25, 0.3) is 10.0 Å². The number of pyridine rings is 1. The number of H-pyrrole nitrogens is 1. The Bertz CT molecular complexity index is 1750. The van der Waals surface area contributed by atoms with Gasteiger partial charge < -0.3 is 9.40 Å². The van der Waals surface area contributed by atoms with E-state index in [0.29, 0.717) is 34.2 Å². The van der Waals surface area contributed by atoms with Crippen molar-refractivity contribution in [1.29, 1.82) is 0 Å². The fourth-order valence-electron chi connectivity index (χ4n) is 3.98. The molecule has 0 atom stereocenters. The van der Waals surface area contributed by atoms with Crippen LogP contribution < -0.4 is 10.3 Å². The molecule has 5 rings (SSSR count). The Balaban J connectivity index is 1.36. The molecule has 11 heteroatoms. The monoisotopic (exact) mass is 525 g/mol. The van der Waals surface area contributed by atoms with E-state index in [1.54, 1.807) is 42.5 Å². The van der Waals surface area contributed by atoms with Crippen LogP contribution in [0.5, 0.6) is 0 Å². The van der Waals surface area contributed by atoms with E-state index in [4.69, 9.17) is 4.42 Å². The predicted octanol–water partition coefficient (Wildman–Crippen LogP) is 5.59. The minimum Gasteiger partial charge on any atom is -0.444 e. The summed E-state index contributed by atoms with van der Waals surface area (Å²) in [5.74, 6) is 0.493. The molecule has 0 bridgehead atoms. The minimum atomic E-state index is -4.68. The van der Waals surface area contributed by atoms with Crippen molar-refractivity contribution in [1.82, 2.24) is 9.97 Å². The van der Waals surface area contributed by atoms with E-state index in [0.717, 1.165) is 0 Å². The van der Waals surface area contributed by atoms with E-state index in [1.165, 1.54) is 36.9 Å². The smallest absolute Gasteiger partial charge is 0.417 e. The molecule has 2 N–H and O–H groups in total. The first-order chi connectivity index (χ1) is 17.6. The van der Waals surface area contributed by atoms with Gasteiger partial charge >= 0.3 is 6.18 Å². The van der Waals surface area contributed by atoms with Crippen LogP contribution in [0, 0.1) is 0 Å². The lowest BCUT2D eigenvalue weighted by molar-refractivity contribution is -0.136. The molecule has 0 aliphatic carbocycles.